The number of carbonyl (C=O) groups is 5. The SMILES string of the molecule is CCC1CC1(NC(=O)[C@@H]1C2C(CN1C(=O)[C@H](NC(=O)NC1([C@H](C)S(=O)(=O)C(C)(C)C)CCCCC1)C(C)(C)C)C2(C)C)C(=O)C(=O)NCC1CC1. The lowest BCUT2D eigenvalue weighted by Gasteiger charge is -2.45. The summed E-state index contributed by atoms with van der Waals surface area (Å²) >= 11 is 0. The molecule has 0 aromatic heterocycles. The highest BCUT2D eigenvalue weighted by Gasteiger charge is 2.71. The number of nitrogens with one attached hydrogen (secondary N) is 4. The number of rotatable bonds is 12. The lowest BCUT2D eigenvalue weighted by Crippen LogP contribution is -2.66. The van der Waals surface area contributed by atoms with E-state index < -0.39 is 77.9 Å². The number of hydrogen-bond acceptors (Lipinski definition) is 7. The van der Waals surface area contributed by atoms with Crippen molar-refractivity contribution in [2.75, 3.05) is 13.1 Å². The summed E-state index contributed by atoms with van der Waals surface area (Å²) in [6.45, 7) is 19.1. The van der Waals surface area contributed by atoms with Gasteiger partial charge in [0.1, 0.15) is 17.6 Å². The molecule has 1 saturated heterocycles. The van der Waals surface area contributed by atoms with Crippen molar-refractivity contribution in [3.05, 3.63) is 0 Å². The number of urea groups is 1. The maximum absolute atomic E-state index is 14.6. The Kier molecular flexibility index (Phi) is 10.3. The maximum Gasteiger partial charge on any atom is 0.315 e. The lowest BCUT2D eigenvalue weighted by molar-refractivity contribution is -0.146. The Morgan fingerprint density at radius 2 is 1.53 bits per heavy atom. The minimum atomic E-state index is -3.64. The van der Waals surface area contributed by atoms with Gasteiger partial charge in [0.15, 0.2) is 9.84 Å². The van der Waals surface area contributed by atoms with Crippen LogP contribution in [0.15, 0.2) is 0 Å². The average molecular weight is 734 g/mol. The second-order valence-corrected chi connectivity index (χ2v) is 22.1. The number of sulfone groups is 1. The number of piperidine rings is 1. The molecule has 5 rings (SSSR count). The van der Waals surface area contributed by atoms with Crippen molar-refractivity contribution in [1.29, 1.82) is 0 Å². The lowest BCUT2D eigenvalue weighted by atomic mass is 9.79. The molecular weight excluding hydrogens is 671 g/mol. The van der Waals surface area contributed by atoms with Crippen molar-refractivity contribution >= 4 is 39.4 Å². The van der Waals surface area contributed by atoms with Crippen LogP contribution in [-0.4, -0.2) is 89.1 Å². The number of fused-ring (bicyclic) bond motifs is 1. The van der Waals surface area contributed by atoms with E-state index in [0.29, 0.717) is 44.7 Å². The molecule has 0 spiro atoms. The Balaban J connectivity index is 1.36. The Bertz CT molecular complexity index is 1540. The summed E-state index contributed by atoms with van der Waals surface area (Å²) in [4.78, 5) is 70.8. The van der Waals surface area contributed by atoms with Gasteiger partial charge in [0, 0.05) is 13.1 Å². The fraction of sp³-hybridized carbons (Fsp3) is 0.868. The van der Waals surface area contributed by atoms with Gasteiger partial charge in [0.2, 0.25) is 17.6 Å². The van der Waals surface area contributed by atoms with Crippen molar-refractivity contribution in [1.82, 2.24) is 26.2 Å². The molecule has 4 aliphatic carbocycles. The fourth-order valence-electron chi connectivity index (χ4n) is 9.11. The van der Waals surface area contributed by atoms with E-state index in [9.17, 15) is 32.4 Å². The van der Waals surface area contributed by atoms with E-state index in [-0.39, 0.29) is 23.2 Å². The molecule has 288 valence electrons. The van der Waals surface area contributed by atoms with Crippen LogP contribution < -0.4 is 21.3 Å². The molecular formula is C38H63N5O7S. The summed E-state index contributed by atoms with van der Waals surface area (Å²) in [5.41, 5.74) is -3.24. The van der Waals surface area contributed by atoms with E-state index >= 15 is 0 Å². The summed E-state index contributed by atoms with van der Waals surface area (Å²) in [5.74, 6) is -1.99. The Labute approximate surface area is 305 Å². The highest BCUT2D eigenvalue weighted by Crippen LogP contribution is 2.65. The second kappa shape index (κ2) is 13.3. The largest absolute Gasteiger partial charge is 0.349 e. The van der Waals surface area contributed by atoms with Gasteiger partial charge in [-0.3, -0.25) is 19.2 Å². The van der Waals surface area contributed by atoms with E-state index in [4.69, 9.17) is 0 Å². The van der Waals surface area contributed by atoms with E-state index in [2.05, 4.69) is 35.1 Å². The molecule has 0 aromatic carbocycles. The molecule has 51 heavy (non-hydrogen) atoms. The third-order valence-electron chi connectivity index (χ3n) is 13.2. The predicted octanol–water partition coefficient (Wildman–Crippen LogP) is 3.87. The molecule has 5 fully saturated rings. The molecule has 0 bridgehead atoms. The molecule has 0 radical (unpaired) electrons. The van der Waals surface area contributed by atoms with Gasteiger partial charge in [0.25, 0.3) is 5.91 Å². The molecule has 5 aliphatic rings. The standard InChI is InChI=1S/C38H63N5O7S/c1-11-24-19-38(24,29(44)31(46)39-20-23-15-16-23)41-30(45)27-26-25(36(26,9)10)21-43(27)32(47)28(34(3,4)5)40-33(48)42-37(17-13-12-14-18-37)22(2)51(49,50)35(6,7)8/h22-28H,11-21H2,1-10H3,(H,39,46)(H,41,45)(H2,40,42,48)/t22-,24?,25?,26?,27-,28-,38?/m0/s1. The normalized spacial score (nSPS) is 30.7. The summed E-state index contributed by atoms with van der Waals surface area (Å²) in [7, 11) is -3.64. The number of ketones is 1. The second-order valence-electron chi connectivity index (χ2n) is 19.1. The highest BCUT2D eigenvalue weighted by molar-refractivity contribution is 7.93. The number of nitrogens with zero attached hydrogens (tertiary/aromatic N) is 1. The average Bonchev–Trinajstić information content (AvgIpc) is 3.99. The van der Waals surface area contributed by atoms with E-state index in [0.717, 1.165) is 32.1 Å². The van der Waals surface area contributed by atoms with Crippen LogP contribution in [0.25, 0.3) is 0 Å². The molecule has 4 N–H and O–H groups in total. The molecule has 7 atom stereocenters. The van der Waals surface area contributed by atoms with Crippen LogP contribution in [0.2, 0.25) is 0 Å². The van der Waals surface area contributed by atoms with Crippen molar-refractivity contribution in [2.45, 2.75) is 160 Å². The third kappa shape index (κ3) is 7.30. The maximum atomic E-state index is 14.6. The van der Waals surface area contributed by atoms with Crippen LogP contribution in [0, 0.1) is 34.5 Å². The molecule has 1 aliphatic heterocycles. The van der Waals surface area contributed by atoms with Crippen molar-refractivity contribution in [3.8, 4) is 0 Å². The van der Waals surface area contributed by atoms with E-state index in [1.54, 1.807) is 32.6 Å². The van der Waals surface area contributed by atoms with Gasteiger partial charge < -0.3 is 26.2 Å². The van der Waals surface area contributed by atoms with Crippen LogP contribution in [-0.2, 0) is 29.0 Å². The summed E-state index contributed by atoms with van der Waals surface area (Å²) in [5, 5.41) is 10.9. The first-order valence-electron chi connectivity index (χ1n) is 19.2. The molecule has 0 aromatic rings. The quantitative estimate of drug-likeness (QED) is 0.221. The van der Waals surface area contributed by atoms with Crippen LogP contribution in [0.5, 0.6) is 0 Å². The minimum absolute atomic E-state index is 0.0651. The van der Waals surface area contributed by atoms with Gasteiger partial charge in [-0.1, -0.05) is 67.2 Å². The highest BCUT2D eigenvalue weighted by atomic mass is 32.2. The van der Waals surface area contributed by atoms with Crippen LogP contribution >= 0.6 is 0 Å². The molecule has 4 saturated carbocycles. The zero-order valence-electron chi connectivity index (χ0n) is 32.5. The number of Topliss-reactive ketones (excluding diaryl/α,β-unsaturated/α-hetero) is 1. The Hall–Kier alpha value is -2.70. The van der Waals surface area contributed by atoms with Gasteiger partial charge >= 0.3 is 6.03 Å². The van der Waals surface area contributed by atoms with E-state index in [1.807, 2.05) is 27.7 Å². The number of likely N-dealkylation sites (tertiary alicyclic amines) is 1. The zero-order valence-corrected chi connectivity index (χ0v) is 33.3. The minimum Gasteiger partial charge on any atom is -0.349 e. The Morgan fingerprint density at radius 3 is 2.04 bits per heavy atom. The predicted molar refractivity (Wildman–Crippen MR) is 195 cm³/mol. The number of carbonyl (C=O) groups excluding carboxylic acids is 5. The van der Waals surface area contributed by atoms with Crippen molar-refractivity contribution in [2.24, 2.45) is 34.5 Å². The van der Waals surface area contributed by atoms with Crippen LogP contribution in [0.4, 0.5) is 4.79 Å². The third-order valence-corrected chi connectivity index (χ3v) is 16.2. The topological polar surface area (TPSA) is 171 Å². The van der Waals surface area contributed by atoms with Gasteiger partial charge in [0.05, 0.1) is 15.5 Å². The van der Waals surface area contributed by atoms with Crippen molar-refractivity contribution < 1.29 is 32.4 Å². The van der Waals surface area contributed by atoms with Crippen LogP contribution in [0.3, 0.4) is 0 Å². The molecule has 5 amide bonds. The monoisotopic (exact) mass is 733 g/mol. The van der Waals surface area contributed by atoms with Gasteiger partial charge in [-0.05, 0) is 94.3 Å². The molecule has 1 heterocycles. The summed E-state index contributed by atoms with van der Waals surface area (Å²) in [6.07, 6.45) is 6.58. The van der Waals surface area contributed by atoms with E-state index in [1.165, 1.54) is 0 Å². The smallest absolute Gasteiger partial charge is 0.315 e. The number of amides is 5. The first kappa shape index (κ1) is 39.5. The molecule has 12 nitrogen and oxygen atoms in total. The summed E-state index contributed by atoms with van der Waals surface area (Å²) < 4.78 is 26.3. The van der Waals surface area contributed by atoms with Crippen molar-refractivity contribution in [3.63, 3.8) is 0 Å². The van der Waals surface area contributed by atoms with Gasteiger partial charge in [-0.15, -0.1) is 0 Å². The Morgan fingerprint density at radius 1 is 0.922 bits per heavy atom. The first-order chi connectivity index (χ1) is 23.4. The molecule has 4 unspecified atom stereocenters. The molecule has 13 heteroatoms. The zero-order chi connectivity index (χ0) is 38.1. The summed E-state index contributed by atoms with van der Waals surface area (Å²) in [6, 6.07) is -2.51. The first-order valence-corrected chi connectivity index (χ1v) is 20.8. The van der Waals surface area contributed by atoms with Gasteiger partial charge in [-0.2, -0.15) is 0 Å². The fourth-order valence-corrected chi connectivity index (χ4v) is 11.1. The van der Waals surface area contributed by atoms with Gasteiger partial charge in [-0.25, -0.2) is 13.2 Å². The number of hydrogen-bond donors (Lipinski definition) is 4. The van der Waals surface area contributed by atoms with Crippen LogP contribution in [0.1, 0.15) is 127 Å².